The highest BCUT2D eigenvalue weighted by molar-refractivity contribution is 7.85. The van der Waals surface area contributed by atoms with Crippen LogP contribution in [0.5, 0.6) is 0 Å². The normalized spacial score (nSPS) is 14.7. The second kappa shape index (κ2) is 6.88. The van der Waals surface area contributed by atoms with Gasteiger partial charge in [-0.3, -0.25) is 9.00 Å². The van der Waals surface area contributed by atoms with Crippen LogP contribution in [0.25, 0.3) is 0 Å². The van der Waals surface area contributed by atoms with Gasteiger partial charge in [-0.2, -0.15) is 13.2 Å². The van der Waals surface area contributed by atoms with Crippen LogP contribution in [0.3, 0.4) is 0 Å². The molecule has 112 valence electrons. The molecule has 7 heteroatoms. The number of halogens is 3. The van der Waals surface area contributed by atoms with E-state index >= 15 is 0 Å². The number of carbonyl (C=O) groups excluding carboxylic acids is 1. The van der Waals surface area contributed by atoms with E-state index in [0.717, 1.165) is 12.1 Å². The minimum Gasteiger partial charge on any atom is -0.466 e. The Morgan fingerprint density at radius 3 is 2.60 bits per heavy atom. The van der Waals surface area contributed by atoms with Gasteiger partial charge in [0.25, 0.3) is 0 Å². The van der Waals surface area contributed by atoms with Gasteiger partial charge in [-0.15, -0.1) is 0 Å². The number of benzene rings is 1. The lowest BCUT2D eigenvalue weighted by molar-refractivity contribution is -0.146. The van der Waals surface area contributed by atoms with E-state index in [1.54, 1.807) is 6.92 Å². The number of rotatable bonds is 5. The summed E-state index contributed by atoms with van der Waals surface area (Å²) in [5.74, 6) is -1.21. The molecule has 0 aliphatic carbocycles. The number of carbonyl (C=O) groups is 1. The predicted octanol–water partition coefficient (Wildman–Crippen LogP) is 3.01. The monoisotopic (exact) mass is 308 g/mol. The standard InChI is InChI=1S/C13H15F3O3S/c1-3-19-12(17)9(2)8-20(18)11-6-4-5-10(7-11)13(14,15)16/h4-7,9H,3,8H2,1-2H3. The largest absolute Gasteiger partial charge is 0.466 e. The van der Waals surface area contributed by atoms with E-state index in [1.165, 1.54) is 19.1 Å². The highest BCUT2D eigenvalue weighted by Crippen LogP contribution is 2.30. The van der Waals surface area contributed by atoms with Gasteiger partial charge in [0.15, 0.2) is 0 Å². The highest BCUT2D eigenvalue weighted by Gasteiger charge is 2.31. The molecule has 0 spiro atoms. The first kappa shape index (κ1) is 16.7. The number of esters is 1. The first-order chi connectivity index (χ1) is 9.25. The van der Waals surface area contributed by atoms with Crippen LogP contribution in [0.4, 0.5) is 13.2 Å². The average Bonchev–Trinajstić information content (AvgIpc) is 2.38. The number of ether oxygens (including phenoxy) is 1. The zero-order valence-electron chi connectivity index (χ0n) is 11.1. The van der Waals surface area contributed by atoms with E-state index < -0.39 is 34.4 Å². The van der Waals surface area contributed by atoms with Crippen LogP contribution in [0, 0.1) is 5.92 Å². The molecule has 0 heterocycles. The Labute approximate surface area is 117 Å². The average molecular weight is 308 g/mol. The summed E-state index contributed by atoms with van der Waals surface area (Å²) >= 11 is 0. The minimum atomic E-state index is -4.48. The van der Waals surface area contributed by atoms with Crippen molar-refractivity contribution in [2.45, 2.75) is 24.9 Å². The van der Waals surface area contributed by atoms with E-state index in [9.17, 15) is 22.2 Å². The van der Waals surface area contributed by atoms with Crippen molar-refractivity contribution in [2.24, 2.45) is 5.92 Å². The summed E-state index contributed by atoms with van der Waals surface area (Å²) in [6.45, 7) is 3.39. The van der Waals surface area contributed by atoms with Gasteiger partial charge in [-0.1, -0.05) is 13.0 Å². The molecule has 0 aromatic heterocycles. The fourth-order valence-corrected chi connectivity index (χ4v) is 2.76. The lowest BCUT2D eigenvalue weighted by atomic mass is 10.2. The Morgan fingerprint density at radius 1 is 1.40 bits per heavy atom. The molecule has 0 fully saturated rings. The van der Waals surface area contributed by atoms with Crippen molar-refractivity contribution in [1.29, 1.82) is 0 Å². The third-order valence-corrected chi connectivity index (χ3v) is 4.10. The van der Waals surface area contributed by atoms with Crippen molar-refractivity contribution >= 4 is 16.8 Å². The van der Waals surface area contributed by atoms with Crippen molar-refractivity contribution in [2.75, 3.05) is 12.4 Å². The molecule has 0 saturated heterocycles. The van der Waals surface area contributed by atoms with E-state index in [2.05, 4.69) is 0 Å². The van der Waals surface area contributed by atoms with Gasteiger partial charge in [0.1, 0.15) is 0 Å². The van der Waals surface area contributed by atoms with Crippen LogP contribution in [0.15, 0.2) is 29.2 Å². The molecule has 1 rings (SSSR count). The number of alkyl halides is 3. The Kier molecular flexibility index (Phi) is 5.74. The molecule has 2 atom stereocenters. The number of hydrogen-bond donors (Lipinski definition) is 0. The van der Waals surface area contributed by atoms with E-state index in [1.807, 2.05) is 0 Å². The maximum absolute atomic E-state index is 12.5. The summed E-state index contributed by atoms with van der Waals surface area (Å²) in [7, 11) is -1.68. The number of hydrogen-bond acceptors (Lipinski definition) is 3. The summed E-state index contributed by atoms with van der Waals surface area (Å²) in [5.41, 5.74) is -0.855. The first-order valence-electron chi connectivity index (χ1n) is 5.98. The van der Waals surface area contributed by atoms with Crippen LogP contribution in [0.1, 0.15) is 19.4 Å². The Hall–Kier alpha value is -1.37. The first-order valence-corrected chi connectivity index (χ1v) is 7.30. The van der Waals surface area contributed by atoms with Crippen molar-refractivity contribution < 1.29 is 26.9 Å². The lowest BCUT2D eigenvalue weighted by Crippen LogP contribution is -2.21. The third kappa shape index (κ3) is 4.63. The Morgan fingerprint density at radius 2 is 2.05 bits per heavy atom. The smallest absolute Gasteiger partial charge is 0.416 e. The zero-order valence-corrected chi connectivity index (χ0v) is 11.9. The maximum atomic E-state index is 12.5. The molecular weight excluding hydrogens is 293 g/mol. The van der Waals surface area contributed by atoms with Gasteiger partial charge >= 0.3 is 12.1 Å². The molecule has 0 aliphatic rings. The lowest BCUT2D eigenvalue weighted by Gasteiger charge is -2.11. The highest BCUT2D eigenvalue weighted by atomic mass is 32.2. The van der Waals surface area contributed by atoms with E-state index in [-0.39, 0.29) is 17.3 Å². The Balaban J connectivity index is 2.80. The van der Waals surface area contributed by atoms with Crippen LogP contribution >= 0.6 is 0 Å². The van der Waals surface area contributed by atoms with Crippen LogP contribution in [-0.2, 0) is 26.5 Å². The third-order valence-electron chi connectivity index (χ3n) is 2.51. The topological polar surface area (TPSA) is 43.4 Å². The van der Waals surface area contributed by atoms with Crippen LogP contribution in [0.2, 0.25) is 0 Å². The summed E-state index contributed by atoms with van der Waals surface area (Å²) < 4.78 is 54.4. The van der Waals surface area contributed by atoms with Crippen LogP contribution < -0.4 is 0 Å². The second-order valence-electron chi connectivity index (χ2n) is 4.19. The van der Waals surface area contributed by atoms with Gasteiger partial charge in [-0.05, 0) is 25.1 Å². The van der Waals surface area contributed by atoms with Gasteiger partial charge in [0.05, 0.1) is 28.9 Å². The fraction of sp³-hybridized carbons (Fsp3) is 0.462. The van der Waals surface area contributed by atoms with Crippen molar-refractivity contribution in [1.82, 2.24) is 0 Å². The van der Waals surface area contributed by atoms with Gasteiger partial charge in [0.2, 0.25) is 0 Å². The van der Waals surface area contributed by atoms with Crippen molar-refractivity contribution in [3.05, 3.63) is 29.8 Å². The van der Waals surface area contributed by atoms with Crippen molar-refractivity contribution in [3.63, 3.8) is 0 Å². The molecular formula is C13H15F3O3S. The molecule has 0 bridgehead atoms. The van der Waals surface area contributed by atoms with Crippen molar-refractivity contribution in [3.8, 4) is 0 Å². The second-order valence-corrected chi connectivity index (χ2v) is 5.69. The molecule has 1 aromatic carbocycles. The molecule has 0 radical (unpaired) electrons. The molecule has 0 saturated carbocycles. The van der Waals surface area contributed by atoms with Gasteiger partial charge in [-0.25, -0.2) is 0 Å². The maximum Gasteiger partial charge on any atom is 0.416 e. The quantitative estimate of drug-likeness (QED) is 0.785. The van der Waals surface area contributed by atoms with E-state index in [4.69, 9.17) is 4.74 Å². The van der Waals surface area contributed by atoms with Crippen LogP contribution in [-0.4, -0.2) is 22.5 Å². The molecule has 2 unspecified atom stereocenters. The fourth-order valence-electron chi connectivity index (χ4n) is 1.49. The van der Waals surface area contributed by atoms with E-state index in [0.29, 0.717) is 0 Å². The summed E-state index contributed by atoms with van der Waals surface area (Å²) in [6.07, 6.45) is -4.48. The molecule has 0 amide bonds. The summed E-state index contributed by atoms with van der Waals surface area (Å²) in [6, 6.07) is 4.30. The Bertz CT molecular complexity index is 500. The SMILES string of the molecule is CCOC(=O)C(C)CS(=O)c1cccc(C(F)(F)F)c1. The molecule has 20 heavy (non-hydrogen) atoms. The predicted molar refractivity (Wildman–Crippen MR) is 68.5 cm³/mol. The molecule has 0 N–H and O–H groups in total. The molecule has 3 nitrogen and oxygen atoms in total. The minimum absolute atomic E-state index is 0.0518. The molecule has 0 aliphatic heterocycles. The molecule has 1 aromatic rings. The van der Waals surface area contributed by atoms with Gasteiger partial charge < -0.3 is 4.74 Å². The van der Waals surface area contributed by atoms with Gasteiger partial charge in [0, 0.05) is 10.6 Å². The summed E-state index contributed by atoms with van der Waals surface area (Å²) in [4.78, 5) is 11.5. The summed E-state index contributed by atoms with van der Waals surface area (Å²) in [5, 5.41) is 0. The zero-order chi connectivity index (χ0) is 15.3.